The van der Waals surface area contributed by atoms with E-state index in [-0.39, 0.29) is 11.9 Å². The van der Waals surface area contributed by atoms with Crippen LogP contribution in [0.1, 0.15) is 29.3 Å². The van der Waals surface area contributed by atoms with Crippen molar-refractivity contribution < 1.29 is 14.7 Å². The molecule has 0 aliphatic rings. The van der Waals surface area contributed by atoms with E-state index in [1.54, 1.807) is 24.8 Å². The Labute approximate surface area is 187 Å². The molecule has 3 aromatic rings. The Morgan fingerprint density at radius 1 is 0.935 bits per heavy atom. The third-order valence-corrected chi connectivity index (χ3v) is 6.00. The van der Waals surface area contributed by atoms with Crippen LogP contribution in [0.25, 0.3) is 11.1 Å². The second kappa shape index (κ2) is 10.8. The van der Waals surface area contributed by atoms with E-state index in [1.165, 1.54) is 0 Å². The normalized spacial score (nSPS) is 12.7. The van der Waals surface area contributed by atoms with E-state index in [4.69, 9.17) is 0 Å². The summed E-state index contributed by atoms with van der Waals surface area (Å²) in [6, 6.07) is 25.5. The average Bonchev–Trinajstić information content (AvgIpc) is 2.80. The molecule has 0 heterocycles. The van der Waals surface area contributed by atoms with E-state index < -0.39 is 11.9 Å². The second-order valence-electron chi connectivity index (χ2n) is 7.64. The Morgan fingerprint density at radius 2 is 1.61 bits per heavy atom. The maximum atomic E-state index is 12.8. The third-order valence-electron chi connectivity index (χ3n) is 5.27. The molecule has 0 unspecified atom stereocenters. The molecule has 0 aliphatic heterocycles. The molecule has 4 nitrogen and oxygen atoms in total. The molecule has 3 aromatic carbocycles. The van der Waals surface area contributed by atoms with Gasteiger partial charge in [0.2, 0.25) is 0 Å². The van der Waals surface area contributed by atoms with Gasteiger partial charge in [-0.2, -0.15) is 0 Å². The number of amides is 1. The molecule has 0 aromatic heterocycles. The standard InChI is InChI=1S/C26H27NO3S/c1-18(26(29)30)15-23(27-25(28)22-9-6-10-24(17-22)31-2)16-19-11-13-21(14-12-19)20-7-4-3-5-8-20/h3-14,17-18,23H,15-16H2,1-2H3,(H,27,28)(H,29,30)/t18-,23+/m1/s1. The Bertz CT molecular complexity index is 1020. The molecule has 0 saturated heterocycles. The van der Waals surface area contributed by atoms with Crippen molar-refractivity contribution in [1.82, 2.24) is 5.32 Å². The van der Waals surface area contributed by atoms with Crippen LogP contribution < -0.4 is 5.32 Å². The Balaban J connectivity index is 1.75. The molecule has 0 spiro atoms. The lowest BCUT2D eigenvalue weighted by atomic mass is 9.94. The summed E-state index contributed by atoms with van der Waals surface area (Å²) in [4.78, 5) is 25.3. The first-order valence-electron chi connectivity index (χ1n) is 10.3. The Kier molecular flexibility index (Phi) is 7.90. The minimum Gasteiger partial charge on any atom is -0.481 e. The van der Waals surface area contributed by atoms with Crippen molar-refractivity contribution in [2.45, 2.75) is 30.7 Å². The number of nitrogens with one attached hydrogen (secondary N) is 1. The lowest BCUT2D eigenvalue weighted by molar-refractivity contribution is -0.141. The van der Waals surface area contributed by atoms with E-state index in [0.717, 1.165) is 21.6 Å². The molecule has 2 atom stereocenters. The molecule has 5 heteroatoms. The number of carboxylic acid groups (broad SMARTS) is 1. The molecular formula is C26H27NO3S. The fourth-order valence-electron chi connectivity index (χ4n) is 3.50. The van der Waals surface area contributed by atoms with Gasteiger partial charge in [0.05, 0.1) is 5.92 Å². The van der Waals surface area contributed by atoms with Gasteiger partial charge >= 0.3 is 5.97 Å². The molecule has 160 valence electrons. The van der Waals surface area contributed by atoms with Gasteiger partial charge in [-0.15, -0.1) is 11.8 Å². The average molecular weight is 434 g/mol. The first-order chi connectivity index (χ1) is 15.0. The maximum Gasteiger partial charge on any atom is 0.306 e. The van der Waals surface area contributed by atoms with Crippen LogP contribution in [0, 0.1) is 5.92 Å². The Morgan fingerprint density at radius 3 is 2.26 bits per heavy atom. The van der Waals surface area contributed by atoms with Crippen molar-refractivity contribution in [3.05, 3.63) is 90.0 Å². The number of aliphatic carboxylic acids is 1. The summed E-state index contributed by atoms with van der Waals surface area (Å²) < 4.78 is 0. The van der Waals surface area contributed by atoms with Crippen LogP contribution >= 0.6 is 11.8 Å². The Hall–Kier alpha value is -3.05. The highest BCUT2D eigenvalue weighted by Gasteiger charge is 2.21. The van der Waals surface area contributed by atoms with Gasteiger partial charge in [-0.05, 0) is 54.0 Å². The number of hydrogen-bond donors (Lipinski definition) is 2. The van der Waals surface area contributed by atoms with E-state index in [0.29, 0.717) is 18.4 Å². The van der Waals surface area contributed by atoms with Gasteiger partial charge in [0, 0.05) is 16.5 Å². The van der Waals surface area contributed by atoms with E-state index in [1.807, 2.05) is 54.8 Å². The summed E-state index contributed by atoms with van der Waals surface area (Å²) in [5.74, 6) is -1.59. The number of rotatable bonds is 9. The highest BCUT2D eigenvalue weighted by atomic mass is 32.2. The van der Waals surface area contributed by atoms with Crippen LogP contribution in [0.3, 0.4) is 0 Å². The van der Waals surface area contributed by atoms with Gasteiger partial charge in [0.15, 0.2) is 0 Å². The molecule has 0 fully saturated rings. The van der Waals surface area contributed by atoms with Crippen molar-refractivity contribution >= 4 is 23.6 Å². The van der Waals surface area contributed by atoms with Crippen LogP contribution in [-0.4, -0.2) is 29.3 Å². The zero-order valence-electron chi connectivity index (χ0n) is 17.7. The molecule has 0 bridgehead atoms. The fraction of sp³-hybridized carbons (Fsp3) is 0.231. The zero-order chi connectivity index (χ0) is 22.2. The second-order valence-corrected chi connectivity index (χ2v) is 8.52. The lowest BCUT2D eigenvalue weighted by Gasteiger charge is -2.21. The number of carbonyl (C=O) groups excluding carboxylic acids is 1. The number of thioether (sulfide) groups is 1. The molecule has 1 amide bonds. The molecule has 0 aliphatic carbocycles. The smallest absolute Gasteiger partial charge is 0.306 e. The van der Waals surface area contributed by atoms with Gasteiger partial charge in [-0.25, -0.2) is 0 Å². The number of benzene rings is 3. The minimum absolute atomic E-state index is 0.181. The summed E-state index contributed by atoms with van der Waals surface area (Å²) in [7, 11) is 0. The van der Waals surface area contributed by atoms with Crippen molar-refractivity contribution in [3.8, 4) is 11.1 Å². The summed E-state index contributed by atoms with van der Waals surface area (Å²) in [5.41, 5.74) is 3.91. The van der Waals surface area contributed by atoms with Crippen LogP contribution in [0.5, 0.6) is 0 Å². The van der Waals surface area contributed by atoms with Gasteiger partial charge in [-0.1, -0.05) is 67.6 Å². The topological polar surface area (TPSA) is 66.4 Å². The van der Waals surface area contributed by atoms with Crippen molar-refractivity contribution in [3.63, 3.8) is 0 Å². The van der Waals surface area contributed by atoms with Crippen molar-refractivity contribution in [1.29, 1.82) is 0 Å². The van der Waals surface area contributed by atoms with E-state index in [2.05, 4.69) is 29.6 Å². The SMILES string of the molecule is CSc1cccc(C(=O)N[C@H](Cc2ccc(-c3ccccc3)cc2)C[C@@H](C)C(=O)O)c1. The number of hydrogen-bond acceptors (Lipinski definition) is 3. The highest BCUT2D eigenvalue weighted by Crippen LogP contribution is 2.21. The van der Waals surface area contributed by atoms with Crippen LogP contribution in [-0.2, 0) is 11.2 Å². The van der Waals surface area contributed by atoms with Gasteiger partial charge in [0.1, 0.15) is 0 Å². The van der Waals surface area contributed by atoms with Gasteiger partial charge in [-0.3, -0.25) is 9.59 Å². The van der Waals surface area contributed by atoms with E-state index >= 15 is 0 Å². The lowest BCUT2D eigenvalue weighted by Crippen LogP contribution is -2.38. The van der Waals surface area contributed by atoms with E-state index in [9.17, 15) is 14.7 Å². The van der Waals surface area contributed by atoms with Crippen molar-refractivity contribution in [2.24, 2.45) is 5.92 Å². The molecule has 0 saturated carbocycles. The van der Waals surface area contributed by atoms with Crippen molar-refractivity contribution in [2.75, 3.05) is 6.26 Å². The first kappa shape index (κ1) is 22.6. The predicted molar refractivity (Wildman–Crippen MR) is 126 cm³/mol. The van der Waals surface area contributed by atoms with Crippen LogP contribution in [0.2, 0.25) is 0 Å². The summed E-state index contributed by atoms with van der Waals surface area (Å²) in [5, 5.41) is 12.4. The molecule has 3 rings (SSSR count). The molecule has 0 radical (unpaired) electrons. The largest absolute Gasteiger partial charge is 0.481 e. The number of carboxylic acids is 1. The fourth-order valence-corrected chi connectivity index (χ4v) is 3.96. The third kappa shape index (κ3) is 6.46. The van der Waals surface area contributed by atoms with Gasteiger partial charge in [0.25, 0.3) is 5.91 Å². The molecule has 31 heavy (non-hydrogen) atoms. The summed E-state index contributed by atoms with van der Waals surface area (Å²) in [6.07, 6.45) is 2.90. The summed E-state index contributed by atoms with van der Waals surface area (Å²) in [6.45, 7) is 1.67. The van der Waals surface area contributed by atoms with Gasteiger partial charge < -0.3 is 10.4 Å². The minimum atomic E-state index is -0.858. The maximum absolute atomic E-state index is 12.8. The molecule has 2 N–H and O–H groups in total. The van der Waals surface area contributed by atoms with Crippen LogP contribution in [0.15, 0.2) is 83.8 Å². The monoisotopic (exact) mass is 433 g/mol. The first-order valence-corrected chi connectivity index (χ1v) is 11.5. The quantitative estimate of drug-likeness (QED) is 0.436. The number of carbonyl (C=O) groups is 2. The zero-order valence-corrected chi connectivity index (χ0v) is 18.6. The molecular weight excluding hydrogens is 406 g/mol. The summed E-state index contributed by atoms with van der Waals surface area (Å²) >= 11 is 1.58. The highest BCUT2D eigenvalue weighted by molar-refractivity contribution is 7.98. The predicted octanol–water partition coefficient (Wildman–Crippen LogP) is 5.53. The van der Waals surface area contributed by atoms with Crippen LogP contribution in [0.4, 0.5) is 0 Å².